The predicted molar refractivity (Wildman–Crippen MR) is 121 cm³/mol. The molecule has 0 aliphatic carbocycles. The maximum absolute atomic E-state index is 13.9. The van der Waals surface area contributed by atoms with Crippen LogP contribution in [-0.4, -0.2) is 81.6 Å². The fourth-order valence-electron chi connectivity index (χ4n) is 4.41. The molecule has 10 nitrogen and oxygen atoms in total. The van der Waals surface area contributed by atoms with E-state index in [9.17, 15) is 18.7 Å². The summed E-state index contributed by atoms with van der Waals surface area (Å²) in [5.41, 5.74) is 0.988. The minimum Gasteiger partial charge on any atom is -0.465 e. The summed E-state index contributed by atoms with van der Waals surface area (Å²) in [4.78, 5) is 27.9. The molecule has 2 fully saturated rings. The number of alkyl halides is 2. The molecule has 180 valence electrons. The van der Waals surface area contributed by atoms with Crippen LogP contribution in [0.15, 0.2) is 30.3 Å². The SMILES string of the molecule is O=C(O)N1CC[C@@H](CNc2nc(N3CCOCC3)cc(-n3c(C(F)F)nc4ccccc43)n2)C1. The Morgan fingerprint density at radius 2 is 1.91 bits per heavy atom. The number of aromatic nitrogens is 4. The van der Waals surface area contributed by atoms with E-state index in [1.165, 1.54) is 9.47 Å². The molecule has 2 N–H and O–H groups in total. The van der Waals surface area contributed by atoms with Gasteiger partial charge >= 0.3 is 6.09 Å². The molecule has 2 saturated heterocycles. The van der Waals surface area contributed by atoms with Crippen LogP contribution in [-0.2, 0) is 4.74 Å². The van der Waals surface area contributed by atoms with Crippen molar-refractivity contribution in [1.29, 1.82) is 0 Å². The number of benzene rings is 1. The van der Waals surface area contributed by atoms with Crippen LogP contribution in [0.1, 0.15) is 18.7 Å². The lowest BCUT2D eigenvalue weighted by atomic mass is 10.1. The number of imidazole rings is 1. The maximum atomic E-state index is 13.9. The third-order valence-corrected chi connectivity index (χ3v) is 6.15. The third kappa shape index (κ3) is 4.45. The normalized spacial score (nSPS) is 18.7. The summed E-state index contributed by atoms with van der Waals surface area (Å²) in [5, 5.41) is 12.4. The highest BCUT2D eigenvalue weighted by molar-refractivity contribution is 5.78. The topological polar surface area (TPSA) is 109 Å². The molecule has 5 rings (SSSR count). The van der Waals surface area contributed by atoms with Gasteiger partial charge in [-0.3, -0.25) is 4.57 Å². The molecular formula is C22H25F2N7O3. The van der Waals surface area contributed by atoms with Gasteiger partial charge in [-0.05, 0) is 24.5 Å². The number of carboxylic acid groups (broad SMARTS) is 1. The molecule has 3 aromatic rings. The molecular weight excluding hydrogens is 448 g/mol. The van der Waals surface area contributed by atoms with Crippen LogP contribution >= 0.6 is 0 Å². The first-order chi connectivity index (χ1) is 16.5. The number of halogens is 2. The van der Waals surface area contributed by atoms with Gasteiger partial charge in [0, 0.05) is 38.8 Å². The summed E-state index contributed by atoms with van der Waals surface area (Å²) in [7, 11) is 0. The van der Waals surface area contributed by atoms with E-state index < -0.39 is 12.5 Å². The molecule has 12 heteroatoms. The molecule has 0 unspecified atom stereocenters. The lowest BCUT2D eigenvalue weighted by Crippen LogP contribution is -2.37. The van der Waals surface area contributed by atoms with Crippen LogP contribution in [0.25, 0.3) is 16.9 Å². The molecule has 34 heavy (non-hydrogen) atoms. The van der Waals surface area contributed by atoms with Crippen LogP contribution < -0.4 is 10.2 Å². The zero-order valence-electron chi connectivity index (χ0n) is 18.4. The molecule has 0 bridgehead atoms. The number of hydrogen-bond acceptors (Lipinski definition) is 7. The van der Waals surface area contributed by atoms with Crippen molar-refractivity contribution in [3.63, 3.8) is 0 Å². The standard InChI is InChI=1S/C22H25F2N7O3/c23-19(24)20-26-15-3-1-2-4-16(15)31(20)18-11-17(29-7-9-34-10-8-29)27-21(28-18)25-12-14-5-6-30(13-14)22(32)33/h1-4,11,14,19H,5-10,12-13H2,(H,32,33)(H,25,27,28)/t14-/m0/s1. The van der Waals surface area contributed by atoms with Gasteiger partial charge in [-0.2, -0.15) is 9.97 Å². The van der Waals surface area contributed by atoms with Gasteiger partial charge in [0.2, 0.25) is 5.95 Å². The number of carbonyl (C=O) groups is 1. The maximum Gasteiger partial charge on any atom is 0.407 e. The molecule has 1 aromatic carbocycles. The fraction of sp³-hybridized carbons (Fsp3) is 0.455. The van der Waals surface area contributed by atoms with E-state index in [2.05, 4.69) is 20.3 Å². The Kier molecular flexibility index (Phi) is 6.14. The number of nitrogens with one attached hydrogen (secondary N) is 1. The van der Waals surface area contributed by atoms with Crippen LogP contribution in [0.2, 0.25) is 0 Å². The van der Waals surface area contributed by atoms with Crippen LogP contribution in [0.5, 0.6) is 0 Å². The number of rotatable bonds is 6. The molecule has 2 aliphatic heterocycles. The highest BCUT2D eigenvalue weighted by Gasteiger charge is 2.27. The molecule has 4 heterocycles. The van der Waals surface area contributed by atoms with Crippen LogP contribution in [0.4, 0.5) is 25.3 Å². The van der Waals surface area contributed by atoms with Crippen molar-refractivity contribution in [2.24, 2.45) is 5.92 Å². The Labute approximate surface area is 194 Å². The summed E-state index contributed by atoms with van der Waals surface area (Å²) in [6, 6.07) is 8.64. The van der Waals surface area contributed by atoms with Crippen molar-refractivity contribution < 1.29 is 23.4 Å². The predicted octanol–water partition coefficient (Wildman–Crippen LogP) is 3.00. The number of ether oxygens (including phenoxy) is 1. The Balaban J connectivity index is 1.50. The zero-order chi connectivity index (χ0) is 23.7. The Bertz CT molecular complexity index is 1180. The molecule has 0 spiro atoms. The Morgan fingerprint density at radius 1 is 1.15 bits per heavy atom. The van der Waals surface area contributed by atoms with Crippen molar-refractivity contribution in [2.45, 2.75) is 12.8 Å². The average molecular weight is 473 g/mol. The second-order valence-electron chi connectivity index (χ2n) is 8.37. The number of hydrogen-bond donors (Lipinski definition) is 2. The first-order valence-electron chi connectivity index (χ1n) is 11.2. The van der Waals surface area contributed by atoms with Crippen LogP contribution in [0, 0.1) is 5.92 Å². The average Bonchev–Trinajstić information content (AvgIpc) is 3.48. The summed E-state index contributed by atoms with van der Waals surface area (Å²) < 4.78 is 34.7. The Morgan fingerprint density at radius 3 is 2.65 bits per heavy atom. The summed E-state index contributed by atoms with van der Waals surface area (Å²) in [5.74, 6) is 0.923. The minimum atomic E-state index is -2.79. The van der Waals surface area contributed by atoms with E-state index in [-0.39, 0.29) is 11.7 Å². The molecule has 2 aromatic heterocycles. The number of morpholine rings is 1. The highest BCUT2D eigenvalue weighted by Crippen LogP contribution is 2.29. The Hall–Kier alpha value is -3.54. The van der Waals surface area contributed by atoms with Gasteiger partial charge in [0.1, 0.15) is 11.6 Å². The van der Waals surface area contributed by atoms with Crippen molar-refractivity contribution in [2.75, 3.05) is 56.2 Å². The monoisotopic (exact) mass is 473 g/mol. The number of para-hydroxylation sites is 2. The van der Waals surface area contributed by atoms with Crippen LogP contribution in [0.3, 0.4) is 0 Å². The van der Waals surface area contributed by atoms with Gasteiger partial charge in [-0.25, -0.2) is 18.6 Å². The van der Waals surface area contributed by atoms with E-state index in [0.29, 0.717) is 74.6 Å². The minimum absolute atomic E-state index is 0.112. The van der Waals surface area contributed by atoms with Gasteiger partial charge in [0.25, 0.3) is 6.43 Å². The van der Waals surface area contributed by atoms with Gasteiger partial charge in [0.05, 0.1) is 24.2 Å². The van der Waals surface area contributed by atoms with Crippen molar-refractivity contribution in [1.82, 2.24) is 24.4 Å². The first-order valence-corrected chi connectivity index (χ1v) is 11.2. The van der Waals surface area contributed by atoms with Gasteiger partial charge < -0.3 is 25.0 Å². The third-order valence-electron chi connectivity index (χ3n) is 6.15. The first kappa shape index (κ1) is 22.3. The van der Waals surface area contributed by atoms with Gasteiger partial charge in [0.15, 0.2) is 5.82 Å². The van der Waals surface area contributed by atoms with Gasteiger partial charge in [-0.15, -0.1) is 0 Å². The molecule has 0 saturated carbocycles. The van der Waals surface area contributed by atoms with Crippen molar-refractivity contribution in [3.8, 4) is 5.82 Å². The van der Waals surface area contributed by atoms with Gasteiger partial charge in [-0.1, -0.05) is 12.1 Å². The molecule has 0 radical (unpaired) electrons. The van der Waals surface area contributed by atoms with Crippen molar-refractivity contribution >= 4 is 28.9 Å². The second-order valence-corrected chi connectivity index (χ2v) is 8.37. The van der Waals surface area contributed by atoms with E-state index >= 15 is 0 Å². The van der Waals surface area contributed by atoms with E-state index in [4.69, 9.17) is 4.74 Å². The largest absolute Gasteiger partial charge is 0.465 e. The summed E-state index contributed by atoms with van der Waals surface area (Å²) >= 11 is 0. The lowest BCUT2D eigenvalue weighted by molar-refractivity contribution is 0.122. The number of amides is 1. The molecule has 2 aliphatic rings. The highest BCUT2D eigenvalue weighted by atomic mass is 19.3. The summed E-state index contributed by atoms with van der Waals surface area (Å²) in [6.07, 6.45) is -2.98. The van der Waals surface area contributed by atoms with E-state index in [0.717, 1.165) is 6.42 Å². The quantitative estimate of drug-likeness (QED) is 0.563. The van der Waals surface area contributed by atoms with Crippen molar-refractivity contribution in [3.05, 3.63) is 36.2 Å². The lowest BCUT2D eigenvalue weighted by Gasteiger charge is -2.28. The fourth-order valence-corrected chi connectivity index (χ4v) is 4.41. The van der Waals surface area contributed by atoms with E-state index in [1.54, 1.807) is 30.3 Å². The number of fused-ring (bicyclic) bond motifs is 1. The number of likely N-dealkylation sites (tertiary alicyclic amines) is 1. The smallest absolute Gasteiger partial charge is 0.407 e. The number of anilines is 2. The summed E-state index contributed by atoms with van der Waals surface area (Å²) in [6.45, 7) is 3.73. The molecule has 1 atom stereocenters. The van der Waals surface area contributed by atoms with E-state index in [1.807, 2.05) is 4.90 Å². The zero-order valence-corrected chi connectivity index (χ0v) is 18.4. The number of nitrogens with zero attached hydrogens (tertiary/aromatic N) is 6. The molecule has 1 amide bonds. The second kappa shape index (κ2) is 9.37.